The molecule has 1 rings (SSSR count). The zero-order valence-electron chi connectivity index (χ0n) is 5.69. The van der Waals surface area contributed by atoms with Gasteiger partial charge in [-0.05, 0) is 5.21 Å². The minimum atomic E-state index is -0.466. The lowest BCUT2D eigenvalue weighted by atomic mass is 10.2. The van der Waals surface area contributed by atoms with Crippen molar-refractivity contribution in [3.8, 4) is 0 Å². The van der Waals surface area contributed by atoms with Crippen LogP contribution in [0, 0.1) is 0 Å². The van der Waals surface area contributed by atoms with Crippen LogP contribution in [0.2, 0.25) is 0 Å². The number of anilines is 1. The van der Waals surface area contributed by atoms with E-state index in [-0.39, 0.29) is 12.2 Å². The number of hydrogen-bond donors (Lipinski definition) is 2. The highest BCUT2D eigenvalue weighted by Gasteiger charge is 2.03. The van der Waals surface area contributed by atoms with Gasteiger partial charge in [-0.25, -0.2) is 0 Å². The molecule has 0 radical (unpaired) electrons. The van der Waals surface area contributed by atoms with Crippen LogP contribution in [0.4, 0.5) is 5.82 Å². The minimum Gasteiger partial charge on any atom is -0.382 e. The van der Waals surface area contributed by atoms with Gasteiger partial charge >= 0.3 is 0 Å². The molecule has 0 spiro atoms. The number of aromatic nitrogens is 3. The Labute approximate surface area is 62.6 Å². The number of rotatable bonds is 2. The third-order valence-electron chi connectivity index (χ3n) is 1.11. The highest BCUT2D eigenvalue weighted by atomic mass is 16.1. The Bertz CT molecular complexity index is 273. The monoisotopic (exact) mass is 153 g/mol. The van der Waals surface area contributed by atoms with Gasteiger partial charge in [-0.1, -0.05) is 0 Å². The van der Waals surface area contributed by atoms with Crippen molar-refractivity contribution in [3.63, 3.8) is 0 Å². The number of carbonyl (C=O) groups is 1. The van der Waals surface area contributed by atoms with E-state index in [4.69, 9.17) is 11.5 Å². The van der Waals surface area contributed by atoms with Crippen molar-refractivity contribution in [3.05, 3.63) is 11.8 Å². The lowest BCUT2D eigenvalue weighted by Gasteiger charge is -1.97. The fraction of sp³-hybridized carbons (Fsp3) is 0.200. The first-order chi connectivity index (χ1) is 5.20. The summed E-state index contributed by atoms with van der Waals surface area (Å²) in [5.41, 5.74) is 10.8. The summed E-state index contributed by atoms with van der Waals surface area (Å²) < 4.78 is 0. The van der Waals surface area contributed by atoms with Crippen LogP contribution in [0.25, 0.3) is 0 Å². The Morgan fingerprint density at radius 1 is 1.64 bits per heavy atom. The second-order valence-electron chi connectivity index (χ2n) is 1.99. The SMILES string of the molecule is NC(=O)Cc1cnnnc1N. The van der Waals surface area contributed by atoms with Crippen molar-refractivity contribution in [2.45, 2.75) is 6.42 Å². The average molecular weight is 153 g/mol. The Morgan fingerprint density at radius 3 is 2.91 bits per heavy atom. The predicted octanol–water partition coefficient (Wildman–Crippen LogP) is -1.52. The molecule has 0 aromatic carbocycles. The van der Waals surface area contributed by atoms with Crippen molar-refractivity contribution in [1.29, 1.82) is 0 Å². The van der Waals surface area contributed by atoms with Crippen molar-refractivity contribution in [2.24, 2.45) is 5.73 Å². The van der Waals surface area contributed by atoms with Gasteiger partial charge in [-0.2, -0.15) is 0 Å². The van der Waals surface area contributed by atoms with E-state index in [1.165, 1.54) is 6.20 Å². The third-order valence-corrected chi connectivity index (χ3v) is 1.11. The quantitative estimate of drug-likeness (QED) is 0.536. The third kappa shape index (κ3) is 1.85. The molecule has 0 fully saturated rings. The van der Waals surface area contributed by atoms with E-state index in [2.05, 4.69) is 15.4 Å². The fourth-order valence-electron chi connectivity index (χ4n) is 0.624. The Morgan fingerprint density at radius 2 is 2.36 bits per heavy atom. The second kappa shape index (κ2) is 2.91. The number of nitrogens with zero attached hydrogens (tertiary/aromatic N) is 3. The van der Waals surface area contributed by atoms with E-state index in [0.717, 1.165) is 0 Å². The van der Waals surface area contributed by atoms with E-state index in [0.29, 0.717) is 5.56 Å². The van der Waals surface area contributed by atoms with Crippen molar-refractivity contribution < 1.29 is 4.79 Å². The lowest BCUT2D eigenvalue weighted by Crippen LogP contribution is -2.15. The van der Waals surface area contributed by atoms with Gasteiger partial charge in [0, 0.05) is 5.56 Å². The molecule has 1 aromatic heterocycles. The number of nitrogens with two attached hydrogens (primary N) is 2. The maximum Gasteiger partial charge on any atom is 0.222 e. The smallest absolute Gasteiger partial charge is 0.222 e. The lowest BCUT2D eigenvalue weighted by molar-refractivity contribution is -0.117. The van der Waals surface area contributed by atoms with Gasteiger partial charge in [-0.15, -0.1) is 10.2 Å². The molecule has 0 atom stereocenters. The Balaban J connectivity index is 2.86. The fourth-order valence-corrected chi connectivity index (χ4v) is 0.624. The van der Waals surface area contributed by atoms with Gasteiger partial charge < -0.3 is 11.5 Å². The molecule has 6 heteroatoms. The molecule has 1 amide bonds. The van der Waals surface area contributed by atoms with Gasteiger partial charge in [-0.3, -0.25) is 4.79 Å². The first kappa shape index (κ1) is 7.39. The van der Waals surface area contributed by atoms with Gasteiger partial charge in [0.05, 0.1) is 12.6 Å². The van der Waals surface area contributed by atoms with E-state index in [9.17, 15) is 4.79 Å². The summed E-state index contributed by atoms with van der Waals surface area (Å²) in [6, 6.07) is 0. The van der Waals surface area contributed by atoms with E-state index < -0.39 is 5.91 Å². The number of nitrogen functional groups attached to an aromatic ring is 1. The summed E-state index contributed by atoms with van der Waals surface area (Å²) in [5.74, 6) is -0.273. The minimum absolute atomic E-state index is 0.0500. The first-order valence-corrected chi connectivity index (χ1v) is 2.91. The molecule has 4 N–H and O–H groups in total. The van der Waals surface area contributed by atoms with Crippen LogP contribution in [0.5, 0.6) is 0 Å². The summed E-state index contributed by atoms with van der Waals surface area (Å²) in [7, 11) is 0. The molecular formula is C5H7N5O. The molecule has 0 aliphatic heterocycles. The zero-order valence-corrected chi connectivity index (χ0v) is 5.69. The van der Waals surface area contributed by atoms with Crippen LogP contribution in [-0.4, -0.2) is 21.3 Å². The van der Waals surface area contributed by atoms with Gasteiger partial charge in [0.25, 0.3) is 0 Å². The van der Waals surface area contributed by atoms with Crippen molar-refractivity contribution >= 4 is 11.7 Å². The number of hydrogen-bond acceptors (Lipinski definition) is 5. The second-order valence-corrected chi connectivity index (χ2v) is 1.99. The summed E-state index contributed by atoms with van der Waals surface area (Å²) in [6.07, 6.45) is 1.42. The first-order valence-electron chi connectivity index (χ1n) is 2.91. The summed E-state index contributed by atoms with van der Waals surface area (Å²) >= 11 is 0. The van der Waals surface area contributed by atoms with E-state index >= 15 is 0 Å². The number of primary amides is 1. The standard InChI is InChI=1S/C5H7N5O/c6-4(11)1-3-2-8-10-9-5(3)7/h2H,1H2,(H2,6,11)(H2,7,8,9). The normalized spacial score (nSPS) is 9.45. The van der Waals surface area contributed by atoms with Crippen LogP contribution in [-0.2, 0) is 11.2 Å². The van der Waals surface area contributed by atoms with E-state index in [1.807, 2.05) is 0 Å². The van der Waals surface area contributed by atoms with Crippen LogP contribution in [0.3, 0.4) is 0 Å². The van der Waals surface area contributed by atoms with Crippen LogP contribution in [0.1, 0.15) is 5.56 Å². The molecule has 0 bridgehead atoms. The summed E-state index contributed by atoms with van der Waals surface area (Å²) in [5, 5.41) is 10.2. The maximum atomic E-state index is 10.4. The van der Waals surface area contributed by atoms with Gasteiger partial charge in [0.15, 0.2) is 5.82 Å². The van der Waals surface area contributed by atoms with Crippen molar-refractivity contribution in [2.75, 3.05) is 5.73 Å². The summed E-state index contributed by atoms with van der Waals surface area (Å²) in [4.78, 5) is 10.4. The van der Waals surface area contributed by atoms with Gasteiger partial charge in [0.1, 0.15) is 0 Å². The largest absolute Gasteiger partial charge is 0.382 e. The Kier molecular flexibility index (Phi) is 1.95. The molecule has 11 heavy (non-hydrogen) atoms. The molecule has 0 unspecified atom stereocenters. The molecular weight excluding hydrogens is 146 g/mol. The molecule has 0 aliphatic carbocycles. The predicted molar refractivity (Wildman–Crippen MR) is 37.1 cm³/mol. The zero-order chi connectivity index (χ0) is 8.27. The van der Waals surface area contributed by atoms with Crippen molar-refractivity contribution in [1.82, 2.24) is 15.4 Å². The molecule has 1 aromatic rings. The Hall–Kier alpha value is -1.72. The molecule has 1 heterocycles. The number of carbonyl (C=O) groups excluding carboxylic acids is 1. The van der Waals surface area contributed by atoms with Crippen LogP contribution in [0.15, 0.2) is 6.20 Å². The van der Waals surface area contributed by atoms with Gasteiger partial charge in [0.2, 0.25) is 5.91 Å². The van der Waals surface area contributed by atoms with Crippen LogP contribution >= 0.6 is 0 Å². The van der Waals surface area contributed by atoms with Crippen LogP contribution < -0.4 is 11.5 Å². The molecule has 0 saturated carbocycles. The summed E-state index contributed by atoms with van der Waals surface area (Å²) in [6.45, 7) is 0. The molecule has 0 saturated heterocycles. The average Bonchev–Trinajstić information content (AvgIpc) is 1.93. The molecule has 6 nitrogen and oxygen atoms in total. The topological polar surface area (TPSA) is 108 Å². The highest BCUT2D eigenvalue weighted by Crippen LogP contribution is 2.03. The number of amides is 1. The molecule has 0 aliphatic rings. The molecule has 58 valence electrons. The maximum absolute atomic E-state index is 10.4. The van der Waals surface area contributed by atoms with E-state index in [1.54, 1.807) is 0 Å². The highest BCUT2D eigenvalue weighted by molar-refractivity contribution is 5.77.